The van der Waals surface area contributed by atoms with E-state index in [4.69, 9.17) is 4.74 Å². The van der Waals surface area contributed by atoms with Crippen molar-refractivity contribution in [2.24, 2.45) is 11.8 Å². The zero-order valence-corrected chi connectivity index (χ0v) is 22.1. The number of hydrogen-bond acceptors (Lipinski definition) is 9. The molecule has 1 amide bonds. The Morgan fingerprint density at radius 1 is 1.10 bits per heavy atom. The van der Waals surface area contributed by atoms with E-state index in [0.717, 1.165) is 19.4 Å². The maximum atomic E-state index is 15.7. The summed E-state index contributed by atoms with van der Waals surface area (Å²) in [5.74, 6) is 0.0455. The second kappa shape index (κ2) is 10.1. The maximum absolute atomic E-state index is 15.7. The highest BCUT2D eigenvalue weighted by atomic mass is 19.1. The second-order valence-corrected chi connectivity index (χ2v) is 12.1. The van der Waals surface area contributed by atoms with Crippen LogP contribution in [0.15, 0.2) is 30.2 Å². The minimum atomic E-state index is -1.24. The summed E-state index contributed by atoms with van der Waals surface area (Å²) in [5.41, 5.74) is 0.155. The van der Waals surface area contributed by atoms with Gasteiger partial charge in [-0.3, -0.25) is 9.59 Å². The predicted molar refractivity (Wildman–Crippen MR) is 139 cm³/mol. The van der Waals surface area contributed by atoms with E-state index < -0.39 is 30.3 Å². The summed E-state index contributed by atoms with van der Waals surface area (Å²) >= 11 is 0. The highest BCUT2D eigenvalue weighted by Crippen LogP contribution is 2.46. The molecule has 1 aromatic rings. The van der Waals surface area contributed by atoms with E-state index in [-0.39, 0.29) is 41.9 Å². The first kappa shape index (κ1) is 25.3. The maximum Gasteiger partial charge on any atom is 0.259 e. The number of aromatic nitrogens is 2. The number of nitrogens with zero attached hydrogens (tertiary/aromatic N) is 5. The molecule has 0 bridgehead atoms. The monoisotopic (exact) mass is 540 g/mol. The third-order valence-electron chi connectivity index (χ3n) is 9.61. The highest BCUT2D eigenvalue weighted by molar-refractivity contribution is 6.20. The van der Waals surface area contributed by atoms with Gasteiger partial charge < -0.3 is 29.9 Å². The van der Waals surface area contributed by atoms with Gasteiger partial charge in [-0.25, -0.2) is 14.4 Å². The molecule has 0 aromatic carbocycles. The predicted octanol–water partition coefficient (Wildman–Crippen LogP) is 0.669. The number of ether oxygens (including phenoxy) is 1. The van der Waals surface area contributed by atoms with Crippen molar-refractivity contribution in [1.29, 1.82) is 0 Å². The van der Waals surface area contributed by atoms with Gasteiger partial charge in [-0.2, -0.15) is 0 Å². The molecule has 6 aliphatic rings. The molecule has 4 heterocycles. The van der Waals surface area contributed by atoms with Crippen LogP contribution in [-0.2, 0) is 14.3 Å². The minimum absolute atomic E-state index is 0.0413. The smallest absolute Gasteiger partial charge is 0.259 e. The number of hydrogen-bond donors (Lipinski definition) is 2. The van der Waals surface area contributed by atoms with Gasteiger partial charge in [0.2, 0.25) is 5.95 Å². The fraction of sp³-hybridized carbons (Fsp3) is 0.714. The molecule has 8 atom stereocenters. The number of morpholine rings is 1. The number of piperazine rings is 1. The average molecular weight is 541 g/mol. The first-order valence-electron chi connectivity index (χ1n) is 14.5. The lowest BCUT2D eigenvalue weighted by molar-refractivity contribution is -0.205. The van der Waals surface area contributed by atoms with Gasteiger partial charge in [-0.15, -0.1) is 0 Å². The number of alkyl halides is 1. The van der Waals surface area contributed by atoms with Crippen LogP contribution in [0.2, 0.25) is 0 Å². The summed E-state index contributed by atoms with van der Waals surface area (Å²) < 4.78 is 22.3. The van der Waals surface area contributed by atoms with Crippen molar-refractivity contribution in [3.05, 3.63) is 30.2 Å². The summed E-state index contributed by atoms with van der Waals surface area (Å²) in [6.07, 6.45) is 6.95. The number of carbonyl (C=O) groups is 2. The molecule has 3 aliphatic heterocycles. The van der Waals surface area contributed by atoms with Crippen molar-refractivity contribution in [2.75, 3.05) is 37.6 Å². The first-order chi connectivity index (χ1) is 19.0. The van der Waals surface area contributed by atoms with E-state index in [1.165, 1.54) is 0 Å². The van der Waals surface area contributed by atoms with E-state index in [1.54, 1.807) is 29.6 Å². The second-order valence-electron chi connectivity index (χ2n) is 12.1. The summed E-state index contributed by atoms with van der Waals surface area (Å²) in [6.45, 7) is 2.82. The summed E-state index contributed by atoms with van der Waals surface area (Å²) in [4.78, 5) is 42.1. The highest BCUT2D eigenvalue weighted by Gasteiger charge is 2.59. The van der Waals surface area contributed by atoms with Crippen molar-refractivity contribution in [2.45, 2.75) is 81.1 Å². The third kappa shape index (κ3) is 4.62. The van der Waals surface area contributed by atoms with Crippen molar-refractivity contribution < 1.29 is 23.8 Å². The lowest BCUT2D eigenvalue weighted by atomic mass is 9.69. The van der Waals surface area contributed by atoms with Gasteiger partial charge in [-0.05, 0) is 50.6 Å². The molecular weight excluding hydrogens is 503 g/mol. The molecule has 10 nitrogen and oxygen atoms in total. The van der Waals surface area contributed by atoms with Gasteiger partial charge in [-0.1, -0.05) is 0 Å². The van der Waals surface area contributed by atoms with Crippen LogP contribution in [0.5, 0.6) is 0 Å². The van der Waals surface area contributed by atoms with E-state index in [1.807, 2.05) is 4.90 Å². The van der Waals surface area contributed by atoms with Gasteiger partial charge in [0, 0.05) is 57.1 Å². The molecule has 1 aromatic heterocycles. The fourth-order valence-electron chi connectivity index (χ4n) is 7.34. The van der Waals surface area contributed by atoms with Crippen LogP contribution in [-0.4, -0.2) is 112 Å². The van der Waals surface area contributed by atoms with Crippen molar-refractivity contribution in [3.8, 4) is 0 Å². The summed E-state index contributed by atoms with van der Waals surface area (Å²) in [5, 5.41) is 13.8. The molecule has 0 radical (unpaired) electrons. The van der Waals surface area contributed by atoms with E-state index in [9.17, 15) is 14.7 Å². The minimum Gasteiger partial charge on any atom is -0.393 e. The lowest BCUT2D eigenvalue weighted by Crippen LogP contribution is -2.73. The summed E-state index contributed by atoms with van der Waals surface area (Å²) in [7, 11) is 0. The van der Waals surface area contributed by atoms with Crippen molar-refractivity contribution in [3.63, 3.8) is 0 Å². The van der Waals surface area contributed by atoms with Crippen LogP contribution in [0.25, 0.3) is 0 Å². The zero-order valence-electron chi connectivity index (χ0n) is 22.1. The molecule has 3 saturated carbocycles. The molecule has 11 heteroatoms. The fourth-order valence-corrected chi connectivity index (χ4v) is 7.34. The van der Waals surface area contributed by atoms with Crippen molar-refractivity contribution in [1.82, 2.24) is 25.1 Å². The Kier molecular flexibility index (Phi) is 6.55. The Balaban J connectivity index is 1.14. The Labute approximate surface area is 227 Å². The van der Waals surface area contributed by atoms with Gasteiger partial charge in [0.1, 0.15) is 6.17 Å². The van der Waals surface area contributed by atoms with Gasteiger partial charge in [0.05, 0.1) is 42.0 Å². The van der Waals surface area contributed by atoms with Crippen LogP contribution >= 0.6 is 0 Å². The van der Waals surface area contributed by atoms with Gasteiger partial charge in [0.15, 0.2) is 5.78 Å². The molecule has 210 valence electrons. The number of halogens is 1. The quantitative estimate of drug-likeness (QED) is 0.521. The topological polar surface area (TPSA) is 111 Å². The van der Waals surface area contributed by atoms with Crippen LogP contribution in [0.4, 0.5) is 10.3 Å². The van der Waals surface area contributed by atoms with Crippen molar-refractivity contribution >= 4 is 17.6 Å². The van der Waals surface area contributed by atoms with Crippen LogP contribution in [0.1, 0.15) is 38.5 Å². The zero-order chi connectivity index (χ0) is 26.7. The SMILES string of the molecule is O=C1C(C(=O)N2CCN(c3ncccn3)CC2)=CN2C3CCC(O)CC3OC3C(NCC4CC4)C(F)CC1C32. The van der Waals surface area contributed by atoms with Crippen LogP contribution in [0.3, 0.4) is 0 Å². The number of amides is 1. The largest absolute Gasteiger partial charge is 0.393 e. The number of anilines is 1. The lowest BCUT2D eigenvalue weighted by Gasteiger charge is -2.59. The molecule has 2 N–H and O–H groups in total. The average Bonchev–Trinajstić information content (AvgIpc) is 3.78. The molecule has 0 spiro atoms. The Morgan fingerprint density at radius 2 is 1.87 bits per heavy atom. The number of fused-ring (bicyclic) bond motifs is 2. The standard InChI is InChI=1S/C28H37FN6O4/c29-20-13-18-24-26(23(20)32-14-16-2-3-16)39-22-12-17(36)4-5-21(22)35(24)15-19(25(18)37)27(38)33-8-10-34(11-9-33)28-30-6-1-7-31-28/h1,6-7,15-18,20-24,26,32,36H,2-5,8-14H2. The molecule has 5 fully saturated rings. The van der Waals surface area contributed by atoms with Crippen LogP contribution < -0.4 is 10.2 Å². The molecular formula is C28H37FN6O4. The summed E-state index contributed by atoms with van der Waals surface area (Å²) in [6, 6.07) is 0.923. The number of aliphatic hydroxyl groups excluding tert-OH is 1. The molecule has 7 rings (SSSR count). The number of Topliss-reactive ketones (excluding diaryl/α,β-unsaturated/α-hetero) is 1. The van der Waals surface area contributed by atoms with Gasteiger partial charge >= 0.3 is 0 Å². The molecule has 3 aliphatic carbocycles. The van der Waals surface area contributed by atoms with E-state index in [2.05, 4.69) is 20.2 Å². The Bertz CT molecular complexity index is 1130. The number of ketones is 1. The van der Waals surface area contributed by atoms with E-state index in [0.29, 0.717) is 57.3 Å². The normalized spacial score (nSPS) is 38.2. The van der Waals surface area contributed by atoms with Crippen LogP contribution in [0, 0.1) is 11.8 Å². The number of carbonyl (C=O) groups excluding carboxylic acids is 2. The molecule has 39 heavy (non-hydrogen) atoms. The first-order valence-corrected chi connectivity index (χ1v) is 14.5. The Hall–Kier alpha value is -2.63. The third-order valence-corrected chi connectivity index (χ3v) is 9.61. The molecule has 8 unspecified atom stereocenters. The number of rotatable bonds is 5. The van der Waals surface area contributed by atoms with Gasteiger partial charge in [0.25, 0.3) is 5.91 Å². The van der Waals surface area contributed by atoms with E-state index >= 15 is 4.39 Å². The Morgan fingerprint density at radius 3 is 2.62 bits per heavy atom. The number of nitrogens with one attached hydrogen (secondary N) is 1. The number of aliphatic hydroxyl groups is 1. The molecule has 2 saturated heterocycles.